The Morgan fingerprint density at radius 3 is 0.876 bits per heavy atom. The number of rotatable bonds is 7. The fourth-order valence-electron chi connectivity index (χ4n) is 18.4. The fourth-order valence-corrected chi connectivity index (χ4v) is 18.4. The second-order valence-electron chi connectivity index (χ2n) is 30.2. The summed E-state index contributed by atoms with van der Waals surface area (Å²) in [6.45, 7) is 11.6. The molecule has 0 saturated carbocycles. The number of aryl methyl sites for hydroxylation is 1. The van der Waals surface area contributed by atoms with E-state index in [2.05, 4.69) is 393 Å². The van der Waals surface area contributed by atoms with Crippen molar-refractivity contribution in [2.75, 3.05) is 0 Å². The third kappa shape index (κ3) is 9.88. The summed E-state index contributed by atoms with van der Waals surface area (Å²) in [7, 11) is 0. The largest absolute Gasteiger partial charge is 0.0619 e. The van der Waals surface area contributed by atoms with E-state index in [9.17, 15) is 0 Å². The van der Waals surface area contributed by atoms with Crippen molar-refractivity contribution in [3.63, 3.8) is 0 Å². The minimum atomic E-state index is -0.0751. The van der Waals surface area contributed by atoms with Gasteiger partial charge in [-0.15, -0.1) is 0 Å². The molecule has 0 aliphatic heterocycles. The van der Waals surface area contributed by atoms with E-state index < -0.39 is 0 Å². The molecule has 0 spiro atoms. The van der Waals surface area contributed by atoms with E-state index in [0.29, 0.717) is 0 Å². The topological polar surface area (TPSA) is 0 Å². The maximum atomic E-state index is 2.48. The van der Waals surface area contributed by atoms with Crippen molar-refractivity contribution in [2.24, 2.45) is 0 Å². The molecular weight excluding hydrogens is 1260 g/mol. The average Bonchev–Trinajstić information content (AvgIpc) is 1.70. The van der Waals surface area contributed by atoms with Crippen LogP contribution in [-0.2, 0) is 10.8 Å². The van der Waals surface area contributed by atoms with Crippen molar-refractivity contribution in [2.45, 2.75) is 45.4 Å². The van der Waals surface area contributed by atoms with Crippen LogP contribution in [-0.4, -0.2) is 0 Å². The van der Waals surface area contributed by atoms with Gasteiger partial charge < -0.3 is 0 Å². The quantitative estimate of drug-likeness (QED) is 0.110. The molecule has 0 amide bonds. The molecule has 0 N–H and O–H groups in total. The minimum Gasteiger partial charge on any atom is -0.0619 e. The van der Waals surface area contributed by atoms with E-state index in [1.165, 1.54) is 214 Å². The van der Waals surface area contributed by atoms with Crippen LogP contribution in [0.3, 0.4) is 0 Å². The van der Waals surface area contributed by atoms with Gasteiger partial charge in [-0.25, -0.2) is 0 Å². The SMILES string of the molecule is CC1(C)c2ccccc2-c2ccc(-c3c4ccccc4c(-c4cc(-c5ccc(-c6cc7ccccc7c7ccccc67)cc5)cc5ccccc45)c4ccccc34)cc21.Cc1ccc(-c2cc(-c3c4ccccc4c(-c4ccc5c(c4)C(C)(C)c4ccccc4-5)c4ccccc34)c3ccccc3c2)cc1. The summed E-state index contributed by atoms with van der Waals surface area (Å²) in [5, 5.41) is 20.4. The molecule has 0 heteroatoms. The second kappa shape index (κ2) is 24.2. The van der Waals surface area contributed by atoms with Gasteiger partial charge in [-0.05, 0) is 258 Å². The lowest BCUT2D eigenvalue weighted by Crippen LogP contribution is -2.14. The molecule has 0 fully saturated rings. The van der Waals surface area contributed by atoms with Crippen LogP contribution in [0.25, 0.3) is 186 Å². The van der Waals surface area contributed by atoms with Gasteiger partial charge in [0.15, 0.2) is 0 Å². The first-order valence-corrected chi connectivity index (χ1v) is 37.0. The Labute approximate surface area is 613 Å². The molecule has 105 heavy (non-hydrogen) atoms. The van der Waals surface area contributed by atoms with Gasteiger partial charge in [0.2, 0.25) is 0 Å². The highest BCUT2D eigenvalue weighted by Crippen LogP contribution is 2.55. The Bertz CT molecular complexity index is 6700. The average molecular weight is 1340 g/mol. The van der Waals surface area contributed by atoms with Crippen molar-refractivity contribution >= 4 is 86.2 Å². The first-order chi connectivity index (χ1) is 51.5. The number of hydrogen-bond acceptors (Lipinski definition) is 0. The van der Waals surface area contributed by atoms with Crippen molar-refractivity contribution in [3.8, 4) is 100 Å². The van der Waals surface area contributed by atoms with Crippen molar-refractivity contribution in [1.29, 1.82) is 0 Å². The van der Waals surface area contributed by atoms with Gasteiger partial charge in [-0.3, -0.25) is 0 Å². The molecular formula is C105H74. The van der Waals surface area contributed by atoms with Gasteiger partial charge in [0.25, 0.3) is 0 Å². The van der Waals surface area contributed by atoms with Crippen LogP contribution >= 0.6 is 0 Å². The van der Waals surface area contributed by atoms with E-state index in [1.807, 2.05) is 0 Å². The minimum absolute atomic E-state index is 0.0528. The van der Waals surface area contributed by atoms with Crippen LogP contribution in [0.1, 0.15) is 55.5 Å². The van der Waals surface area contributed by atoms with Gasteiger partial charge in [-0.1, -0.05) is 349 Å². The van der Waals surface area contributed by atoms with Crippen LogP contribution in [0.2, 0.25) is 0 Å². The van der Waals surface area contributed by atoms with E-state index in [0.717, 1.165) is 0 Å². The van der Waals surface area contributed by atoms with E-state index in [-0.39, 0.29) is 10.8 Å². The van der Waals surface area contributed by atoms with Crippen LogP contribution in [0.5, 0.6) is 0 Å². The molecule has 0 aromatic heterocycles. The van der Waals surface area contributed by atoms with E-state index in [1.54, 1.807) is 0 Å². The molecule has 21 rings (SSSR count). The summed E-state index contributed by atoms with van der Waals surface area (Å²) in [5.41, 5.74) is 29.8. The summed E-state index contributed by atoms with van der Waals surface area (Å²) in [4.78, 5) is 0. The molecule has 2 aliphatic carbocycles. The second-order valence-corrected chi connectivity index (χ2v) is 30.2. The van der Waals surface area contributed by atoms with Gasteiger partial charge in [0, 0.05) is 10.8 Å². The summed E-state index contributed by atoms with van der Waals surface area (Å²) in [5.74, 6) is 0. The molecule has 0 saturated heterocycles. The smallest absolute Gasteiger partial charge is 0.0159 e. The fraction of sp³-hybridized carbons (Fsp3) is 0.0667. The summed E-state index contributed by atoms with van der Waals surface area (Å²) < 4.78 is 0. The third-order valence-corrected chi connectivity index (χ3v) is 23.6. The molecule has 0 atom stereocenters. The highest BCUT2D eigenvalue weighted by atomic mass is 14.4. The van der Waals surface area contributed by atoms with Crippen LogP contribution in [0, 0.1) is 6.92 Å². The predicted octanol–water partition coefficient (Wildman–Crippen LogP) is 29.2. The molecule has 0 unspecified atom stereocenters. The Hall–Kier alpha value is -12.7. The Morgan fingerprint density at radius 2 is 0.457 bits per heavy atom. The molecule has 19 aromatic rings. The van der Waals surface area contributed by atoms with Crippen LogP contribution < -0.4 is 0 Å². The van der Waals surface area contributed by atoms with E-state index in [4.69, 9.17) is 0 Å². The number of benzene rings is 19. The zero-order valence-corrected chi connectivity index (χ0v) is 59.6. The zero-order chi connectivity index (χ0) is 70.2. The van der Waals surface area contributed by atoms with Gasteiger partial charge >= 0.3 is 0 Å². The highest BCUT2D eigenvalue weighted by molar-refractivity contribution is 6.26. The molecule has 19 aromatic carbocycles. The molecule has 0 nitrogen and oxygen atoms in total. The molecule has 0 heterocycles. The lowest BCUT2D eigenvalue weighted by atomic mass is 9.80. The van der Waals surface area contributed by atoms with Crippen LogP contribution in [0.4, 0.5) is 0 Å². The van der Waals surface area contributed by atoms with Crippen molar-refractivity contribution < 1.29 is 0 Å². The summed E-state index contributed by atoms with van der Waals surface area (Å²) >= 11 is 0. The third-order valence-electron chi connectivity index (χ3n) is 23.6. The summed E-state index contributed by atoms with van der Waals surface area (Å²) in [6, 6.07) is 134. The molecule has 0 radical (unpaired) electrons. The first kappa shape index (κ1) is 62.1. The maximum absolute atomic E-state index is 2.48. The first-order valence-electron chi connectivity index (χ1n) is 37.0. The molecule has 2 aliphatic rings. The summed E-state index contributed by atoms with van der Waals surface area (Å²) in [6.07, 6.45) is 0. The lowest BCUT2D eigenvalue weighted by Gasteiger charge is -2.23. The van der Waals surface area contributed by atoms with Crippen molar-refractivity contribution in [3.05, 3.63) is 386 Å². The zero-order valence-electron chi connectivity index (χ0n) is 59.6. The standard InChI is InChI=1S/C59H40.C46H34/c1-59(2)55-26-14-13-21-47(55)48-32-31-41(36-56(48)59)57-49-22-9-11-24-51(49)58(52-25-12-10-23-50(52)57)54-35-42(33-39-15-3-6-18-44(39)54)37-27-29-38(30-28-37)53-34-40-16-4-5-17-43(40)45-19-7-8-20-46(45)53;1-29-20-22-30(23-21-29)33-26-31-12-4-5-13-34(31)41(27-33)45-39-17-8-6-15-37(39)44(38-16-7-9-18-40(38)45)32-24-25-36-35-14-10-11-19-42(35)46(2,3)43(36)28-32/h3-36H,1-2H3;4-28H,1-3H3. The lowest BCUT2D eigenvalue weighted by molar-refractivity contribution is 0.660. The van der Waals surface area contributed by atoms with Gasteiger partial charge in [0.1, 0.15) is 0 Å². The highest BCUT2D eigenvalue weighted by Gasteiger charge is 2.37. The van der Waals surface area contributed by atoms with E-state index >= 15 is 0 Å². The van der Waals surface area contributed by atoms with Crippen LogP contribution in [0.15, 0.2) is 358 Å². The molecule has 0 bridgehead atoms. The maximum Gasteiger partial charge on any atom is 0.0159 e. The normalized spacial score (nSPS) is 13.2. The monoisotopic (exact) mass is 1330 g/mol. The predicted molar refractivity (Wildman–Crippen MR) is 451 cm³/mol. The molecule has 494 valence electrons. The number of fused-ring (bicyclic) bond motifs is 15. The Morgan fingerprint density at radius 1 is 0.162 bits per heavy atom. The number of hydrogen-bond donors (Lipinski definition) is 0. The Kier molecular flexibility index (Phi) is 14.3. The van der Waals surface area contributed by atoms with Crippen molar-refractivity contribution in [1.82, 2.24) is 0 Å². The van der Waals surface area contributed by atoms with Gasteiger partial charge in [-0.2, -0.15) is 0 Å². The Balaban J connectivity index is 0.000000144. The van der Waals surface area contributed by atoms with Gasteiger partial charge in [0.05, 0.1) is 0 Å².